The fourth-order valence-corrected chi connectivity index (χ4v) is 1.15. The summed E-state index contributed by atoms with van der Waals surface area (Å²) in [4.78, 5) is 15.6. The maximum atomic E-state index is 11.6. The van der Waals surface area contributed by atoms with Gasteiger partial charge in [-0.15, -0.1) is 0 Å². The Morgan fingerprint density at radius 1 is 1.69 bits per heavy atom. The minimum Gasteiger partial charge on any atom is -0.394 e. The van der Waals surface area contributed by atoms with Gasteiger partial charge in [0.15, 0.2) is 0 Å². The third kappa shape index (κ3) is 2.78. The molecule has 0 radical (unpaired) electrons. The highest BCUT2D eigenvalue weighted by atomic mass is 16.3. The lowest BCUT2D eigenvalue weighted by molar-refractivity contribution is 0.0917. The average Bonchev–Trinajstić information content (AvgIpc) is 2.28. The van der Waals surface area contributed by atoms with Gasteiger partial charge in [-0.25, -0.2) is 4.98 Å². The summed E-state index contributed by atoms with van der Waals surface area (Å²) in [6.07, 6.45) is 0. The van der Waals surface area contributed by atoms with Crippen LogP contribution in [0.25, 0.3) is 0 Å². The molecule has 0 aliphatic heterocycles. The zero-order valence-electron chi connectivity index (χ0n) is 9.19. The first-order valence-electron chi connectivity index (χ1n) is 4.88. The van der Waals surface area contributed by atoms with Crippen molar-refractivity contribution in [3.05, 3.63) is 29.1 Å². The number of aryl methyl sites for hydroxylation is 1. The Kier molecular flexibility index (Phi) is 3.97. The molecule has 1 amide bonds. The van der Waals surface area contributed by atoms with Gasteiger partial charge >= 0.3 is 0 Å². The van der Waals surface area contributed by atoms with Crippen LogP contribution in [0.15, 0.2) is 12.1 Å². The highest BCUT2D eigenvalue weighted by Crippen LogP contribution is 2.05. The summed E-state index contributed by atoms with van der Waals surface area (Å²) in [6, 6.07) is 4.71. The molecule has 0 bridgehead atoms. The molecule has 0 fully saturated rings. The second-order valence-corrected chi connectivity index (χ2v) is 3.50. The molecular weight excluding hydrogens is 206 g/mol. The van der Waals surface area contributed by atoms with Crippen molar-refractivity contribution in [2.45, 2.75) is 19.9 Å². The number of nitrogens with one attached hydrogen (secondary N) is 1. The van der Waals surface area contributed by atoms with Crippen molar-refractivity contribution in [1.82, 2.24) is 10.3 Å². The summed E-state index contributed by atoms with van der Waals surface area (Å²) in [7, 11) is 0. The number of nitriles is 1. The first-order valence-corrected chi connectivity index (χ1v) is 4.88. The Morgan fingerprint density at radius 2 is 2.38 bits per heavy atom. The second kappa shape index (κ2) is 5.24. The van der Waals surface area contributed by atoms with Gasteiger partial charge in [0.25, 0.3) is 5.91 Å². The van der Waals surface area contributed by atoms with Gasteiger partial charge in [-0.2, -0.15) is 5.26 Å². The van der Waals surface area contributed by atoms with Gasteiger partial charge in [-0.05, 0) is 26.0 Å². The maximum Gasteiger partial charge on any atom is 0.270 e. The average molecular weight is 219 g/mol. The van der Waals surface area contributed by atoms with E-state index in [1.807, 2.05) is 6.07 Å². The fraction of sp³-hybridized carbons (Fsp3) is 0.364. The van der Waals surface area contributed by atoms with Gasteiger partial charge in [-0.3, -0.25) is 4.79 Å². The number of aromatic nitrogens is 1. The molecule has 2 N–H and O–H groups in total. The number of rotatable bonds is 3. The van der Waals surface area contributed by atoms with Crippen LogP contribution in [0, 0.1) is 18.3 Å². The zero-order valence-corrected chi connectivity index (χ0v) is 9.19. The van der Waals surface area contributed by atoms with Crippen LogP contribution >= 0.6 is 0 Å². The molecule has 0 spiro atoms. The monoisotopic (exact) mass is 219 g/mol. The van der Waals surface area contributed by atoms with Crippen molar-refractivity contribution < 1.29 is 9.90 Å². The molecule has 5 heteroatoms. The van der Waals surface area contributed by atoms with E-state index in [1.165, 1.54) is 6.07 Å². The van der Waals surface area contributed by atoms with Crippen LogP contribution in [0.4, 0.5) is 0 Å². The molecule has 0 saturated heterocycles. The van der Waals surface area contributed by atoms with Gasteiger partial charge in [0.1, 0.15) is 11.8 Å². The molecule has 84 valence electrons. The number of amides is 1. The maximum absolute atomic E-state index is 11.6. The minimum atomic E-state index is -0.353. The van der Waals surface area contributed by atoms with Crippen LogP contribution in [0.2, 0.25) is 0 Å². The highest BCUT2D eigenvalue weighted by molar-refractivity contribution is 5.92. The van der Waals surface area contributed by atoms with Gasteiger partial charge in [-0.1, -0.05) is 0 Å². The van der Waals surface area contributed by atoms with Crippen molar-refractivity contribution in [3.63, 3.8) is 0 Å². The van der Waals surface area contributed by atoms with E-state index in [0.717, 1.165) is 0 Å². The summed E-state index contributed by atoms with van der Waals surface area (Å²) in [6.45, 7) is 3.24. The normalized spacial score (nSPS) is 11.6. The molecule has 0 unspecified atom stereocenters. The number of aliphatic hydroxyl groups excluding tert-OH is 1. The van der Waals surface area contributed by atoms with Crippen molar-refractivity contribution in [2.24, 2.45) is 0 Å². The Morgan fingerprint density at radius 3 is 2.88 bits per heavy atom. The Labute approximate surface area is 93.7 Å². The Hall–Kier alpha value is -1.93. The number of hydrogen-bond donors (Lipinski definition) is 2. The van der Waals surface area contributed by atoms with E-state index in [0.29, 0.717) is 11.3 Å². The van der Waals surface area contributed by atoms with Crippen LogP contribution < -0.4 is 5.32 Å². The van der Waals surface area contributed by atoms with E-state index in [-0.39, 0.29) is 24.2 Å². The Balaban J connectivity index is 2.86. The zero-order chi connectivity index (χ0) is 12.1. The summed E-state index contributed by atoms with van der Waals surface area (Å²) >= 11 is 0. The smallest absolute Gasteiger partial charge is 0.270 e. The van der Waals surface area contributed by atoms with E-state index in [2.05, 4.69) is 10.3 Å². The molecule has 16 heavy (non-hydrogen) atoms. The highest BCUT2D eigenvalue weighted by Gasteiger charge is 2.11. The molecule has 0 aromatic carbocycles. The first kappa shape index (κ1) is 12.1. The molecule has 0 aliphatic carbocycles. The quantitative estimate of drug-likeness (QED) is 0.769. The molecule has 1 rings (SSSR count). The molecule has 1 aromatic rings. The molecule has 1 aromatic heterocycles. The third-order valence-corrected chi connectivity index (χ3v) is 2.09. The second-order valence-electron chi connectivity index (χ2n) is 3.50. The van der Waals surface area contributed by atoms with Crippen molar-refractivity contribution in [3.8, 4) is 6.07 Å². The lowest BCUT2D eigenvalue weighted by Crippen LogP contribution is -2.35. The topological polar surface area (TPSA) is 86.0 Å². The van der Waals surface area contributed by atoms with Crippen LogP contribution in [0.3, 0.4) is 0 Å². The summed E-state index contributed by atoms with van der Waals surface area (Å²) in [5.74, 6) is -0.353. The number of hydrogen-bond acceptors (Lipinski definition) is 4. The van der Waals surface area contributed by atoms with E-state index >= 15 is 0 Å². The Bertz CT molecular complexity index is 437. The van der Waals surface area contributed by atoms with Crippen LogP contribution in [0.1, 0.15) is 28.7 Å². The number of nitrogens with zero attached hydrogens (tertiary/aromatic N) is 2. The molecule has 1 atom stereocenters. The van der Waals surface area contributed by atoms with E-state index in [4.69, 9.17) is 10.4 Å². The largest absolute Gasteiger partial charge is 0.394 e. The molecule has 5 nitrogen and oxygen atoms in total. The summed E-state index contributed by atoms with van der Waals surface area (Å²) in [5.41, 5.74) is 1.22. The minimum absolute atomic E-state index is 0.124. The van der Waals surface area contributed by atoms with Crippen molar-refractivity contribution >= 4 is 5.91 Å². The number of pyridine rings is 1. The molecule has 1 heterocycles. The summed E-state index contributed by atoms with van der Waals surface area (Å²) in [5, 5.41) is 20.1. The van der Waals surface area contributed by atoms with Crippen molar-refractivity contribution in [1.29, 1.82) is 5.26 Å². The standard InChI is InChI=1S/C11H13N3O2/c1-7(6-15)13-11(16)10-4-3-9(5-12)8(2)14-10/h3-4,7,15H,6H2,1-2H3,(H,13,16)/t7-/m0/s1. The van der Waals surface area contributed by atoms with E-state index in [1.54, 1.807) is 19.9 Å². The van der Waals surface area contributed by atoms with Gasteiger partial charge in [0.05, 0.1) is 17.9 Å². The molecular formula is C11H13N3O2. The predicted molar refractivity (Wildman–Crippen MR) is 57.7 cm³/mol. The van der Waals surface area contributed by atoms with Gasteiger partial charge < -0.3 is 10.4 Å². The molecule has 0 aliphatic rings. The lowest BCUT2D eigenvalue weighted by Gasteiger charge is -2.10. The first-order chi connectivity index (χ1) is 7.58. The SMILES string of the molecule is Cc1nc(C(=O)N[C@@H](C)CO)ccc1C#N. The predicted octanol–water partition coefficient (Wildman–Crippen LogP) is 0.372. The summed E-state index contributed by atoms with van der Waals surface area (Å²) < 4.78 is 0. The number of carbonyl (C=O) groups excluding carboxylic acids is 1. The van der Waals surface area contributed by atoms with E-state index in [9.17, 15) is 4.79 Å². The third-order valence-electron chi connectivity index (χ3n) is 2.09. The van der Waals surface area contributed by atoms with Crippen LogP contribution in [-0.2, 0) is 0 Å². The van der Waals surface area contributed by atoms with Crippen LogP contribution in [0.5, 0.6) is 0 Å². The lowest BCUT2D eigenvalue weighted by atomic mass is 10.2. The van der Waals surface area contributed by atoms with Crippen LogP contribution in [-0.4, -0.2) is 28.6 Å². The van der Waals surface area contributed by atoms with E-state index < -0.39 is 0 Å². The van der Waals surface area contributed by atoms with Crippen molar-refractivity contribution in [2.75, 3.05) is 6.61 Å². The number of aliphatic hydroxyl groups is 1. The van der Waals surface area contributed by atoms with Gasteiger partial charge in [0.2, 0.25) is 0 Å². The molecule has 0 saturated carbocycles. The number of carbonyl (C=O) groups is 1. The van der Waals surface area contributed by atoms with Gasteiger partial charge in [0, 0.05) is 6.04 Å². The fourth-order valence-electron chi connectivity index (χ4n) is 1.15.